The van der Waals surface area contributed by atoms with Crippen LogP contribution in [0.3, 0.4) is 0 Å². The molecule has 3 aromatic carbocycles. The molecule has 0 spiro atoms. The predicted molar refractivity (Wildman–Crippen MR) is 101 cm³/mol. The van der Waals surface area contributed by atoms with E-state index in [0.717, 1.165) is 0 Å². The highest BCUT2D eigenvalue weighted by Crippen LogP contribution is 2.15. The van der Waals surface area contributed by atoms with Crippen LogP contribution in [-0.4, -0.2) is 11.9 Å². The van der Waals surface area contributed by atoms with Crippen molar-refractivity contribution in [3.05, 3.63) is 102 Å². The molecule has 0 fully saturated rings. The van der Waals surface area contributed by atoms with Crippen LogP contribution in [0.5, 0.6) is 11.5 Å². The number of benzene rings is 3. The molecule has 6 nitrogen and oxygen atoms in total. The Morgan fingerprint density at radius 1 is 0.571 bits per heavy atom. The van der Waals surface area contributed by atoms with Gasteiger partial charge in [0.15, 0.2) is 17.1 Å². The van der Waals surface area contributed by atoms with Crippen molar-refractivity contribution in [2.24, 2.45) is 0 Å². The van der Waals surface area contributed by atoms with E-state index < -0.39 is 17.5 Å². The molecular formula is C22H16O6. The van der Waals surface area contributed by atoms with Crippen LogP contribution >= 0.6 is 0 Å². The van der Waals surface area contributed by atoms with Gasteiger partial charge in [-0.3, -0.25) is 9.78 Å². The third kappa shape index (κ3) is 5.47. The second kappa shape index (κ2) is 9.59. The molecule has 0 bridgehead atoms. The van der Waals surface area contributed by atoms with Gasteiger partial charge in [-0.2, -0.15) is 0 Å². The van der Waals surface area contributed by atoms with Gasteiger partial charge in [0.05, 0.1) is 0 Å². The highest BCUT2D eigenvalue weighted by Gasteiger charge is 2.25. The molecule has 3 rings (SSSR count). The van der Waals surface area contributed by atoms with Gasteiger partial charge in [-0.25, -0.2) is 19.4 Å². The summed E-state index contributed by atoms with van der Waals surface area (Å²) in [6, 6.07) is 25.6. The third-order valence-electron chi connectivity index (χ3n) is 3.46. The minimum absolute atomic E-state index is 0.309. The summed E-state index contributed by atoms with van der Waals surface area (Å²) in [6.45, 7) is 0. The molecule has 0 saturated carbocycles. The number of hydrogen-bond donors (Lipinski definition) is 0. The van der Waals surface area contributed by atoms with Crippen LogP contribution in [0.2, 0.25) is 0 Å². The zero-order chi connectivity index (χ0) is 19.6. The van der Waals surface area contributed by atoms with Crippen LogP contribution in [0.25, 0.3) is 6.08 Å². The van der Waals surface area contributed by atoms with Crippen LogP contribution in [0.1, 0.15) is 5.56 Å². The Morgan fingerprint density at radius 3 is 1.39 bits per heavy atom. The average molecular weight is 376 g/mol. The quantitative estimate of drug-likeness (QED) is 0.203. The van der Waals surface area contributed by atoms with Crippen molar-refractivity contribution in [3.8, 4) is 11.5 Å². The molecule has 0 heterocycles. The zero-order valence-corrected chi connectivity index (χ0v) is 14.7. The first-order valence-corrected chi connectivity index (χ1v) is 8.37. The Hall–Kier alpha value is -4.06. The van der Waals surface area contributed by atoms with Crippen molar-refractivity contribution in [1.29, 1.82) is 0 Å². The fourth-order valence-electron chi connectivity index (χ4n) is 2.13. The molecule has 0 aliphatic heterocycles. The van der Waals surface area contributed by atoms with Gasteiger partial charge in [0.25, 0.3) is 0 Å². The fraction of sp³-hybridized carbons (Fsp3) is 0. The zero-order valence-electron chi connectivity index (χ0n) is 14.7. The van der Waals surface area contributed by atoms with Crippen LogP contribution in [0, 0.1) is 0 Å². The van der Waals surface area contributed by atoms with Gasteiger partial charge in [0, 0.05) is 0 Å². The van der Waals surface area contributed by atoms with E-state index in [9.17, 15) is 9.59 Å². The lowest BCUT2D eigenvalue weighted by molar-refractivity contribution is -0.218. The Morgan fingerprint density at radius 2 is 0.964 bits per heavy atom. The first kappa shape index (κ1) is 18.7. The molecule has 0 unspecified atom stereocenters. The van der Waals surface area contributed by atoms with Gasteiger partial charge in [0.1, 0.15) is 0 Å². The monoisotopic (exact) mass is 376 g/mol. The summed E-state index contributed by atoms with van der Waals surface area (Å²) in [5.41, 5.74) is 0.212. The molecule has 3 aromatic rings. The van der Waals surface area contributed by atoms with E-state index in [1.54, 1.807) is 84.9 Å². The van der Waals surface area contributed by atoms with Crippen LogP contribution < -0.4 is 9.78 Å². The topological polar surface area (TPSA) is 71.1 Å². The second-order valence-electron chi connectivity index (χ2n) is 5.50. The van der Waals surface area contributed by atoms with E-state index in [0.29, 0.717) is 17.1 Å². The van der Waals surface area contributed by atoms with Gasteiger partial charge in [0.2, 0.25) is 0 Å². The minimum Gasteiger partial charge on any atom is -0.287 e. The lowest BCUT2D eigenvalue weighted by Crippen LogP contribution is -2.20. The summed E-state index contributed by atoms with van der Waals surface area (Å²) in [6.07, 6.45) is 1.33. The maximum atomic E-state index is 12.4. The van der Waals surface area contributed by atoms with Crippen LogP contribution in [0.15, 0.2) is 96.6 Å². The average Bonchev–Trinajstić information content (AvgIpc) is 2.76. The summed E-state index contributed by atoms with van der Waals surface area (Å²) >= 11 is 0. The molecule has 0 aliphatic carbocycles. The lowest BCUT2D eigenvalue weighted by Gasteiger charge is -2.08. The first-order valence-electron chi connectivity index (χ1n) is 8.37. The summed E-state index contributed by atoms with van der Waals surface area (Å²) in [4.78, 5) is 44.3. The fourth-order valence-corrected chi connectivity index (χ4v) is 2.13. The van der Waals surface area contributed by atoms with E-state index in [4.69, 9.17) is 19.6 Å². The second-order valence-corrected chi connectivity index (χ2v) is 5.50. The molecule has 28 heavy (non-hydrogen) atoms. The van der Waals surface area contributed by atoms with E-state index in [1.807, 2.05) is 6.07 Å². The summed E-state index contributed by atoms with van der Waals surface area (Å²) in [7, 11) is 0. The smallest absolute Gasteiger partial charge is 0.287 e. The number of hydrogen-bond acceptors (Lipinski definition) is 6. The molecule has 0 N–H and O–H groups in total. The number of para-hydroxylation sites is 2. The van der Waals surface area contributed by atoms with E-state index in [2.05, 4.69) is 0 Å². The molecular weight excluding hydrogens is 360 g/mol. The Balaban J connectivity index is 1.73. The molecule has 0 aliphatic rings. The SMILES string of the molecule is O=C(OOc1ccccc1)C(=Cc1ccccc1)C(=O)OOc1ccccc1. The highest BCUT2D eigenvalue weighted by atomic mass is 17.2. The first-order chi connectivity index (χ1) is 13.7. The van der Waals surface area contributed by atoms with E-state index in [1.165, 1.54) is 6.08 Å². The number of carbonyl (C=O) groups excluding carboxylic acids is 2. The van der Waals surface area contributed by atoms with Crippen molar-refractivity contribution >= 4 is 18.0 Å². The molecule has 0 atom stereocenters. The largest absolute Gasteiger partial charge is 0.393 e. The maximum absolute atomic E-state index is 12.4. The summed E-state index contributed by atoms with van der Waals surface area (Å²) < 4.78 is 0. The normalized spacial score (nSPS) is 9.71. The molecule has 0 radical (unpaired) electrons. The molecule has 0 saturated heterocycles. The van der Waals surface area contributed by atoms with Crippen molar-refractivity contribution in [1.82, 2.24) is 0 Å². The minimum atomic E-state index is -1.02. The number of rotatable bonds is 7. The van der Waals surface area contributed by atoms with Gasteiger partial charge >= 0.3 is 11.9 Å². The molecule has 140 valence electrons. The van der Waals surface area contributed by atoms with E-state index in [-0.39, 0.29) is 0 Å². The third-order valence-corrected chi connectivity index (χ3v) is 3.46. The Labute approximate surface area is 161 Å². The predicted octanol–water partition coefficient (Wildman–Crippen LogP) is 4.14. The standard InChI is InChI=1S/C22H16O6/c23-21(27-25-18-12-6-2-7-13-18)20(16-17-10-4-1-5-11-17)22(24)28-26-19-14-8-3-9-15-19/h1-16H. The van der Waals surface area contributed by atoms with Gasteiger partial charge < -0.3 is 0 Å². The molecule has 6 heteroatoms. The molecule has 0 amide bonds. The Kier molecular flexibility index (Phi) is 6.41. The van der Waals surface area contributed by atoms with Gasteiger partial charge in [-0.05, 0) is 35.9 Å². The number of carbonyl (C=O) groups is 2. The van der Waals surface area contributed by atoms with Gasteiger partial charge in [-0.1, -0.05) is 66.7 Å². The van der Waals surface area contributed by atoms with Crippen molar-refractivity contribution in [2.75, 3.05) is 0 Å². The lowest BCUT2D eigenvalue weighted by atomic mass is 10.1. The van der Waals surface area contributed by atoms with Crippen LogP contribution in [0.4, 0.5) is 0 Å². The van der Waals surface area contributed by atoms with E-state index >= 15 is 0 Å². The highest BCUT2D eigenvalue weighted by molar-refractivity contribution is 6.17. The summed E-state index contributed by atoms with van der Waals surface area (Å²) in [5.74, 6) is -1.42. The van der Waals surface area contributed by atoms with Crippen molar-refractivity contribution in [3.63, 3.8) is 0 Å². The Bertz CT molecular complexity index is 879. The van der Waals surface area contributed by atoms with Gasteiger partial charge in [-0.15, -0.1) is 0 Å². The summed E-state index contributed by atoms with van der Waals surface area (Å²) in [5, 5.41) is 0. The van der Waals surface area contributed by atoms with Crippen LogP contribution in [-0.2, 0) is 19.4 Å². The molecule has 0 aromatic heterocycles. The maximum Gasteiger partial charge on any atom is 0.393 e. The van der Waals surface area contributed by atoms with Crippen molar-refractivity contribution < 1.29 is 29.1 Å². The van der Waals surface area contributed by atoms with Crippen molar-refractivity contribution in [2.45, 2.75) is 0 Å².